The minimum atomic E-state index is 0.111. The van der Waals surface area contributed by atoms with E-state index in [0.29, 0.717) is 18.8 Å². The summed E-state index contributed by atoms with van der Waals surface area (Å²) in [5.41, 5.74) is 3.58. The molecule has 3 aliphatic heterocycles. The molecule has 0 saturated carbocycles. The molecule has 1 fully saturated rings. The Bertz CT molecular complexity index is 931. The van der Waals surface area contributed by atoms with Gasteiger partial charge in [0.15, 0.2) is 11.5 Å². The molecule has 3 heterocycles. The number of carbonyl (C=O) groups excluding carboxylic acids is 1. The molecule has 1 amide bonds. The average Bonchev–Trinajstić information content (AvgIpc) is 3.37. The van der Waals surface area contributed by atoms with Crippen LogP contribution in [0.3, 0.4) is 0 Å². The van der Waals surface area contributed by atoms with Crippen LogP contribution in [0.15, 0.2) is 42.5 Å². The number of hydrogen-bond acceptors (Lipinski definition) is 5. The Balaban J connectivity index is 1.45. The Morgan fingerprint density at radius 1 is 1.17 bits per heavy atom. The van der Waals surface area contributed by atoms with Crippen molar-refractivity contribution in [1.29, 1.82) is 0 Å². The number of nitrogens with zero attached hydrogens (tertiary/aromatic N) is 2. The van der Waals surface area contributed by atoms with E-state index in [0.717, 1.165) is 43.4 Å². The molecule has 3 unspecified atom stereocenters. The molecule has 3 atom stereocenters. The number of amides is 1. The quantitative estimate of drug-likeness (QED) is 0.869. The first-order chi connectivity index (χ1) is 14.1. The second-order valence-electron chi connectivity index (χ2n) is 8.11. The molecule has 2 aromatic carbocycles. The molecule has 2 aromatic rings. The van der Waals surface area contributed by atoms with Gasteiger partial charge in [-0.15, -0.1) is 0 Å². The van der Waals surface area contributed by atoms with Crippen LogP contribution in [0, 0.1) is 0 Å². The Morgan fingerprint density at radius 2 is 2.00 bits per heavy atom. The van der Waals surface area contributed by atoms with Gasteiger partial charge < -0.3 is 19.7 Å². The molecule has 6 heteroatoms. The second-order valence-corrected chi connectivity index (χ2v) is 8.11. The van der Waals surface area contributed by atoms with Gasteiger partial charge in [-0.05, 0) is 36.2 Å². The Morgan fingerprint density at radius 3 is 2.86 bits per heavy atom. The summed E-state index contributed by atoms with van der Waals surface area (Å²) >= 11 is 0. The summed E-state index contributed by atoms with van der Waals surface area (Å²) in [6.07, 6.45) is 0. The first-order valence-corrected chi connectivity index (χ1v) is 10.4. The van der Waals surface area contributed by atoms with Crippen LogP contribution in [0.4, 0.5) is 5.69 Å². The number of nitrogens with one attached hydrogen (secondary N) is 1. The van der Waals surface area contributed by atoms with E-state index >= 15 is 0 Å². The molecule has 29 heavy (non-hydrogen) atoms. The van der Waals surface area contributed by atoms with Crippen LogP contribution in [-0.4, -0.2) is 49.8 Å². The third-order valence-corrected chi connectivity index (χ3v) is 6.56. The normalized spacial score (nSPS) is 24.4. The Labute approximate surface area is 171 Å². The summed E-state index contributed by atoms with van der Waals surface area (Å²) < 4.78 is 11.1. The van der Waals surface area contributed by atoms with E-state index in [4.69, 9.17) is 9.47 Å². The van der Waals surface area contributed by atoms with E-state index < -0.39 is 0 Å². The van der Waals surface area contributed by atoms with Crippen molar-refractivity contribution in [3.05, 3.63) is 53.6 Å². The van der Waals surface area contributed by atoms with Crippen molar-refractivity contribution in [2.75, 3.05) is 37.9 Å². The van der Waals surface area contributed by atoms with Crippen molar-refractivity contribution in [3.8, 4) is 11.5 Å². The molecule has 0 bridgehead atoms. The van der Waals surface area contributed by atoms with Crippen molar-refractivity contribution in [1.82, 2.24) is 10.2 Å². The number of rotatable bonds is 3. The van der Waals surface area contributed by atoms with Gasteiger partial charge in [-0.25, -0.2) is 0 Å². The third-order valence-electron chi connectivity index (χ3n) is 6.56. The number of piperazine rings is 1. The van der Waals surface area contributed by atoms with Crippen molar-refractivity contribution in [3.63, 3.8) is 0 Å². The fraction of sp³-hybridized carbons (Fsp3) is 0.435. The summed E-state index contributed by atoms with van der Waals surface area (Å²) in [6.45, 7) is 7.83. The van der Waals surface area contributed by atoms with Gasteiger partial charge in [0.05, 0.1) is 0 Å². The Hall–Kier alpha value is -2.57. The fourth-order valence-electron chi connectivity index (χ4n) is 5.02. The van der Waals surface area contributed by atoms with Crippen LogP contribution in [0.5, 0.6) is 11.5 Å². The van der Waals surface area contributed by atoms with E-state index in [1.54, 1.807) is 6.92 Å². The first kappa shape index (κ1) is 18.5. The first-order valence-electron chi connectivity index (χ1n) is 10.4. The molecular formula is C23H27N3O3. The highest BCUT2D eigenvalue weighted by atomic mass is 16.7. The monoisotopic (exact) mass is 393 g/mol. The van der Waals surface area contributed by atoms with E-state index in [9.17, 15) is 4.79 Å². The minimum absolute atomic E-state index is 0.111. The van der Waals surface area contributed by atoms with Crippen LogP contribution in [0.1, 0.15) is 36.9 Å². The van der Waals surface area contributed by atoms with Crippen LogP contribution >= 0.6 is 0 Å². The molecule has 152 valence electrons. The lowest BCUT2D eigenvalue weighted by atomic mass is 9.90. The Kier molecular flexibility index (Phi) is 4.68. The number of ether oxygens (including phenoxy) is 2. The zero-order valence-corrected chi connectivity index (χ0v) is 16.9. The zero-order valence-electron chi connectivity index (χ0n) is 16.9. The van der Waals surface area contributed by atoms with Gasteiger partial charge in [0.2, 0.25) is 12.7 Å². The number of carbonyl (C=O) groups is 1. The maximum absolute atomic E-state index is 12.2. The third kappa shape index (κ3) is 3.16. The molecule has 0 aliphatic carbocycles. The maximum atomic E-state index is 12.2. The summed E-state index contributed by atoms with van der Waals surface area (Å²) in [6, 6.07) is 15.2. The zero-order chi connectivity index (χ0) is 20.0. The largest absolute Gasteiger partial charge is 0.454 e. The average molecular weight is 393 g/mol. The van der Waals surface area contributed by atoms with Gasteiger partial charge in [-0.1, -0.05) is 24.3 Å². The molecular weight excluding hydrogens is 366 g/mol. The van der Waals surface area contributed by atoms with Crippen LogP contribution in [0.2, 0.25) is 0 Å². The molecule has 0 spiro atoms. The van der Waals surface area contributed by atoms with Crippen LogP contribution in [-0.2, 0) is 4.79 Å². The highest BCUT2D eigenvalue weighted by Gasteiger charge is 2.39. The SMILES string of the molecule is CC(=O)N1CC(C(C)N2CCNCC2c2ccc3c(c2)OCO3)c2ccccc21. The number of benzene rings is 2. The van der Waals surface area contributed by atoms with Crippen LogP contribution < -0.4 is 19.7 Å². The number of para-hydroxylation sites is 1. The highest BCUT2D eigenvalue weighted by molar-refractivity contribution is 5.94. The minimum Gasteiger partial charge on any atom is -0.454 e. The van der Waals surface area contributed by atoms with Crippen molar-refractivity contribution in [2.24, 2.45) is 0 Å². The van der Waals surface area contributed by atoms with Gasteiger partial charge >= 0.3 is 0 Å². The molecule has 1 saturated heterocycles. The van der Waals surface area contributed by atoms with Gasteiger partial charge in [-0.2, -0.15) is 0 Å². The highest BCUT2D eigenvalue weighted by Crippen LogP contribution is 2.42. The fourth-order valence-corrected chi connectivity index (χ4v) is 5.02. The second kappa shape index (κ2) is 7.35. The predicted molar refractivity (Wildman–Crippen MR) is 112 cm³/mol. The standard InChI is InChI=1S/C23H27N3O3/c1-15(19-13-26(16(2)27)20-6-4-3-5-18(19)20)25-10-9-24-12-21(25)17-7-8-22-23(11-17)29-14-28-22/h3-8,11,15,19,21,24H,9-10,12-14H2,1-2H3. The predicted octanol–water partition coefficient (Wildman–Crippen LogP) is 2.90. The lowest BCUT2D eigenvalue weighted by molar-refractivity contribution is -0.116. The van der Waals surface area contributed by atoms with Gasteiger partial charge in [0.25, 0.3) is 0 Å². The van der Waals surface area contributed by atoms with Crippen LogP contribution in [0.25, 0.3) is 0 Å². The molecule has 5 rings (SSSR count). The number of hydrogen-bond donors (Lipinski definition) is 1. The maximum Gasteiger partial charge on any atom is 0.231 e. The molecule has 6 nitrogen and oxygen atoms in total. The van der Waals surface area contributed by atoms with E-state index in [2.05, 4.69) is 47.5 Å². The summed E-state index contributed by atoms with van der Waals surface area (Å²) in [4.78, 5) is 16.7. The van der Waals surface area contributed by atoms with Gasteiger partial charge in [0.1, 0.15) is 0 Å². The topological polar surface area (TPSA) is 54.0 Å². The molecule has 3 aliphatic rings. The lowest BCUT2D eigenvalue weighted by Gasteiger charge is -2.42. The molecule has 0 aromatic heterocycles. The summed E-state index contributed by atoms with van der Waals surface area (Å²) in [5, 5.41) is 3.54. The van der Waals surface area contributed by atoms with Crippen molar-refractivity contribution in [2.45, 2.75) is 31.8 Å². The number of fused-ring (bicyclic) bond motifs is 2. The van der Waals surface area contributed by atoms with E-state index in [-0.39, 0.29) is 11.9 Å². The van der Waals surface area contributed by atoms with E-state index in [1.165, 1.54) is 11.1 Å². The van der Waals surface area contributed by atoms with Gasteiger partial charge in [0, 0.05) is 56.8 Å². The van der Waals surface area contributed by atoms with Crippen molar-refractivity contribution >= 4 is 11.6 Å². The molecule has 1 N–H and O–H groups in total. The summed E-state index contributed by atoms with van der Waals surface area (Å²) in [7, 11) is 0. The molecule has 0 radical (unpaired) electrons. The van der Waals surface area contributed by atoms with Gasteiger partial charge in [-0.3, -0.25) is 9.69 Å². The smallest absolute Gasteiger partial charge is 0.231 e. The summed E-state index contributed by atoms with van der Waals surface area (Å²) in [5.74, 6) is 2.05. The van der Waals surface area contributed by atoms with E-state index in [1.807, 2.05) is 17.0 Å². The lowest BCUT2D eigenvalue weighted by Crippen LogP contribution is -2.51. The number of anilines is 1. The van der Waals surface area contributed by atoms with Crippen molar-refractivity contribution < 1.29 is 14.3 Å².